The van der Waals surface area contributed by atoms with Gasteiger partial charge < -0.3 is 4.52 Å². The van der Waals surface area contributed by atoms with Gasteiger partial charge in [0, 0.05) is 25.6 Å². The van der Waals surface area contributed by atoms with Crippen molar-refractivity contribution in [3.63, 3.8) is 0 Å². The quantitative estimate of drug-likeness (QED) is 0.740. The summed E-state index contributed by atoms with van der Waals surface area (Å²) in [5.74, 6) is 0.289. The molecular weight excluding hydrogens is 254 g/mol. The van der Waals surface area contributed by atoms with Gasteiger partial charge in [0.2, 0.25) is 10.0 Å². The van der Waals surface area contributed by atoms with Crippen LogP contribution in [0.4, 0.5) is 0 Å². The van der Waals surface area contributed by atoms with E-state index >= 15 is 0 Å². The zero-order valence-electron chi connectivity index (χ0n) is 9.95. The SMILES string of the molecule is N#CCCN(CC1CC1)S(=O)(=O)Cc1ccon1. The van der Waals surface area contributed by atoms with Gasteiger partial charge in [-0.3, -0.25) is 0 Å². The van der Waals surface area contributed by atoms with Gasteiger partial charge in [-0.05, 0) is 18.8 Å². The molecule has 1 aliphatic carbocycles. The third-order valence-electron chi connectivity index (χ3n) is 2.85. The van der Waals surface area contributed by atoms with Gasteiger partial charge in [-0.2, -0.15) is 5.26 Å². The molecule has 0 spiro atoms. The third kappa shape index (κ3) is 3.55. The Morgan fingerprint density at radius 2 is 2.33 bits per heavy atom. The minimum atomic E-state index is -3.41. The van der Waals surface area contributed by atoms with E-state index in [0.29, 0.717) is 18.2 Å². The zero-order valence-corrected chi connectivity index (χ0v) is 10.8. The summed E-state index contributed by atoms with van der Waals surface area (Å²) in [5.41, 5.74) is 0.396. The molecule has 0 unspecified atom stereocenters. The highest BCUT2D eigenvalue weighted by atomic mass is 32.2. The first-order chi connectivity index (χ1) is 8.62. The molecule has 0 saturated heterocycles. The van der Waals surface area contributed by atoms with Crippen LogP contribution in [0.1, 0.15) is 25.0 Å². The van der Waals surface area contributed by atoms with E-state index in [-0.39, 0.29) is 18.7 Å². The highest BCUT2D eigenvalue weighted by molar-refractivity contribution is 7.88. The fourth-order valence-electron chi connectivity index (χ4n) is 1.70. The fourth-order valence-corrected chi connectivity index (χ4v) is 3.21. The first-order valence-electron chi connectivity index (χ1n) is 5.86. The Kier molecular flexibility index (Phi) is 3.99. The van der Waals surface area contributed by atoms with E-state index in [4.69, 9.17) is 5.26 Å². The molecule has 0 radical (unpaired) electrons. The lowest BCUT2D eigenvalue weighted by atomic mass is 10.4. The standard InChI is InChI=1S/C11H15N3O3S/c12-5-1-6-14(8-10-2-3-10)18(15,16)9-11-4-7-17-13-11/h4,7,10H,1-3,6,8-9H2. The second kappa shape index (κ2) is 5.50. The Morgan fingerprint density at radius 3 is 2.89 bits per heavy atom. The summed E-state index contributed by atoms with van der Waals surface area (Å²) >= 11 is 0. The van der Waals surface area contributed by atoms with Crippen molar-refractivity contribution in [1.29, 1.82) is 5.26 Å². The number of nitrogens with zero attached hydrogens (tertiary/aromatic N) is 3. The van der Waals surface area contributed by atoms with Crippen LogP contribution >= 0.6 is 0 Å². The molecule has 1 saturated carbocycles. The molecule has 7 heteroatoms. The van der Waals surface area contributed by atoms with Crippen molar-refractivity contribution in [3.8, 4) is 6.07 Å². The van der Waals surface area contributed by atoms with Crippen molar-refractivity contribution >= 4 is 10.0 Å². The lowest BCUT2D eigenvalue weighted by Gasteiger charge is -2.20. The second-order valence-corrected chi connectivity index (χ2v) is 6.43. The molecule has 2 rings (SSSR count). The van der Waals surface area contributed by atoms with Crippen LogP contribution in [0.2, 0.25) is 0 Å². The first kappa shape index (κ1) is 13.1. The van der Waals surface area contributed by atoms with Gasteiger partial charge in [0.15, 0.2) is 0 Å². The van der Waals surface area contributed by atoms with Crippen LogP contribution in [-0.2, 0) is 15.8 Å². The van der Waals surface area contributed by atoms with Gasteiger partial charge >= 0.3 is 0 Å². The van der Waals surface area contributed by atoms with Gasteiger partial charge in [0.25, 0.3) is 0 Å². The highest BCUT2D eigenvalue weighted by Crippen LogP contribution is 2.31. The van der Waals surface area contributed by atoms with Crippen LogP contribution in [0.15, 0.2) is 16.9 Å². The van der Waals surface area contributed by atoms with Crippen molar-refractivity contribution in [2.45, 2.75) is 25.0 Å². The predicted octanol–water partition coefficient (Wildman–Crippen LogP) is 1.13. The summed E-state index contributed by atoms with van der Waals surface area (Å²) in [6.07, 6.45) is 3.71. The van der Waals surface area contributed by atoms with E-state index in [0.717, 1.165) is 12.8 Å². The maximum absolute atomic E-state index is 12.2. The maximum atomic E-state index is 12.2. The molecule has 1 aromatic rings. The van der Waals surface area contributed by atoms with Gasteiger partial charge in [0.05, 0.1) is 11.8 Å². The van der Waals surface area contributed by atoms with Crippen molar-refractivity contribution in [1.82, 2.24) is 9.46 Å². The fraction of sp³-hybridized carbons (Fsp3) is 0.636. The Morgan fingerprint density at radius 1 is 1.56 bits per heavy atom. The van der Waals surface area contributed by atoms with Crippen LogP contribution in [0.25, 0.3) is 0 Å². The molecule has 0 atom stereocenters. The Balaban J connectivity index is 2.04. The van der Waals surface area contributed by atoms with Crippen LogP contribution in [-0.4, -0.2) is 31.0 Å². The summed E-state index contributed by atoms with van der Waals surface area (Å²) in [4.78, 5) is 0. The summed E-state index contributed by atoms with van der Waals surface area (Å²) in [6.45, 7) is 0.773. The van der Waals surface area contributed by atoms with E-state index in [1.165, 1.54) is 16.6 Å². The zero-order chi connectivity index (χ0) is 13.0. The molecule has 98 valence electrons. The average Bonchev–Trinajstić information content (AvgIpc) is 3.01. The Labute approximate surface area is 106 Å². The Bertz CT molecular complexity index is 514. The van der Waals surface area contributed by atoms with Gasteiger partial charge in [-0.1, -0.05) is 5.16 Å². The number of rotatable bonds is 7. The lowest BCUT2D eigenvalue weighted by molar-refractivity contribution is 0.396. The number of aromatic nitrogens is 1. The van der Waals surface area contributed by atoms with Crippen molar-refractivity contribution in [2.75, 3.05) is 13.1 Å². The van der Waals surface area contributed by atoms with Gasteiger partial charge in [-0.15, -0.1) is 0 Å². The average molecular weight is 269 g/mol. The molecule has 0 aliphatic heterocycles. The minimum absolute atomic E-state index is 0.165. The van der Waals surface area contributed by atoms with Gasteiger partial charge in [0.1, 0.15) is 12.0 Å². The molecule has 0 amide bonds. The van der Waals surface area contributed by atoms with E-state index < -0.39 is 10.0 Å². The van der Waals surface area contributed by atoms with Crippen molar-refractivity contribution in [3.05, 3.63) is 18.0 Å². The molecule has 1 aromatic heterocycles. The molecule has 0 bridgehead atoms. The summed E-state index contributed by atoms with van der Waals surface area (Å²) in [7, 11) is -3.41. The van der Waals surface area contributed by atoms with E-state index in [2.05, 4.69) is 9.68 Å². The third-order valence-corrected chi connectivity index (χ3v) is 4.63. The molecule has 1 heterocycles. The van der Waals surface area contributed by atoms with E-state index in [1.807, 2.05) is 6.07 Å². The van der Waals surface area contributed by atoms with Crippen LogP contribution in [0, 0.1) is 17.2 Å². The molecule has 0 N–H and O–H groups in total. The van der Waals surface area contributed by atoms with Crippen LogP contribution in [0.5, 0.6) is 0 Å². The highest BCUT2D eigenvalue weighted by Gasteiger charge is 2.30. The monoisotopic (exact) mass is 269 g/mol. The topological polar surface area (TPSA) is 87.2 Å². The van der Waals surface area contributed by atoms with Gasteiger partial charge in [-0.25, -0.2) is 12.7 Å². The first-order valence-corrected chi connectivity index (χ1v) is 7.47. The summed E-state index contributed by atoms with van der Waals surface area (Å²) in [5, 5.41) is 12.2. The number of nitriles is 1. The smallest absolute Gasteiger partial charge is 0.220 e. The number of hydrogen-bond donors (Lipinski definition) is 0. The maximum Gasteiger partial charge on any atom is 0.220 e. The molecular formula is C11H15N3O3S. The number of sulfonamides is 1. The van der Waals surface area contributed by atoms with Crippen molar-refractivity contribution < 1.29 is 12.9 Å². The Hall–Kier alpha value is -1.39. The van der Waals surface area contributed by atoms with E-state index in [9.17, 15) is 8.42 Å². The molecule has 0 aromatic carbocycles. The van der Waals surface area contributed by atoms with Crippen molar-refractivity contribution in [2.24, 2.45) is 5.92 Å². The van der Waals surface area contributed by atoms with Crippen LogP contribution in [0.3, 0.4) is 0 Å². The second-order valence-electron chi connectivity index (χ2n) is 4.46. The normalized spacial score (nSPS) is 15.8. The minimum Gasteiger partial charge on any atom is -0.364 e. The number of hydrogen-bond acceptors (Lipinski definition) is 5. The predicted molar refractivity (Wildman–Crippen MR) is 63.7 cm³/mol. The molecule has 1 fully saturated rings. The lowest BCUT2D eigenvalue weighted by Crippen LogP contribution is -2.34. The summed E-state index contributed by atoms with van der Waals surface area (Å²) < 4.78 is 30.4. The molecule has 18 heavy (non-hydrogen) atoms. The molecule has 6 nitrogen and oxygen atoms in total. The summed E-state index contributed by atoms with van der Waals surface area (Å²) in [6, 6.07) is 3.52. The van der Waals surface area contributed by atoms with Crippen LogP contribution < -0.4 is 0 Å². The molecule has 1 aliphatic rings. The van der Waals surface area contributed by atoms with E-state index in [1.54, 1.807) is 0 Å². The largest absolute Gasteiger partial charge is 0.364 e.